The van der Waals surface area contributed by atoms with Gasteiger partial charge in [-0.05, 0) is 36.3 Å². The van der Waals surface area contributed by atoms with Crippen molar-refractivity contribution in [3.8, 4) is 0 Å². The second kappa shape index (κ2) is 10.2. The number of imidazole rings is 1. The van der Waals surface area contributed by atoms with E-state index in [1.807, 2.05) is 45.0 Å². The summed E-state index contributed by atoms with van der Waals surface area (Å²) in [5.41, 5.74) is 1.94. The van der Waals surface area contributed by atoms with Crippen LogP contribution in [0.5, 0.6) is 0 Å². The van der Waals surface area contributed by atoms with Gasteiger partial charge in [0.15, 0.2) is 11.2 Å². The molecule has 3 aromatic rings. The van der Waals surface area contributed by atoms with E-state index < -0.39 is 11.2 Å². The zero-order chi connectivity index (χ0) is 24.3. The monoisotopic (exact) mass is 453 g/mol. The third kappa shape index (κ3) is 5.43. The van der Waals surface area contributed by atoms with Crippen LogP contribution in [0.15, 0.2) is 40.2 Å². The summed E-state index contributed by atoms with van der Waals surface area (Å²) in [5.74, 6) is 0.0858. The van der Waals surface area contributed by atoms with Gasteiger partial charge in [0, 0.05) is 13.1 Å². The zero-order valence-corrected chi connectivity index (χ0v) is 20.5. The van der Waals surface area contributed by atoms with E-state index >= 15 is 0 Å². The van der Waals surface area contributed by atoms with Gasteiger partial charge in [-0.3, -0.25) is 14.2 Å². The lowest BCUT2D eigenvalue weighted by Crippen LogP contribution is -2.45. The lowest BCUT2D eigenvalue weighted by molar-refractivity contribution is -0.122. The van der Waals surface area contributed by atoms with Gasteiger partial charge in [-0.1, -0.05) is 58.9 Å². The Bertz CT molecular complexity index is 1230. The molecule has 3 rings (SSSR count). The highest BCUT2D eigenvalue weighted by atomic mass is 16.2. The van der Waals surface area contributed by atoms with Crippen molar-refractivity contribution < 1.29 is 4.79 Å². The van der Waals surface area contributed by atoms with E-state index in [1.165, 1.54) is 10.1 Å². The molecule has 0 aliphatic heterocycles. The lowest BCUT2D eigenvalue weighted by atomic mass is 10.1. The Kier molecular flexibility index (Phi) is 7.56. The summed E-state index contributed by atoms with van der Waals surface area (Å²) < 4.78 is 4.33. The Morgan fingerprint density at radius 3 is 2.18 bits per heavy atom. The van der Waals surface area contributed by atoms with Gasteiger partial charge in [0.2, 0.25) is 5.91 Å². The summed E-state index contributed by atoms with van der Waals surface area (Å²) >= 11 is 0. The maximum atomic E-state index is 13.3. The second-order valence-electron chi connectivity index (χ2n) is 9.53. The molecule has 0 spiro atoms. The number of hydrogen-bond donors (Lipinski definition) is 1. The molecule has 0 saturated carbocycles. The summed E-state index contributed by atoms with van der Waals surface area (Å²) in [6.07, 6.45) is 2.55. The Balaban J connectivity index is 1.96. The topological polar surface area (TPSA) is 90.9 Å². The molecule has 1 atom stereocenters. The van der Waals surface area contributed by atoms with Gasteiger partial charge in [-0.2, -0.15) is 0 Å². The smallest absolute Gasteiger partial charge is 0.333 e. The van der Waals surface area contributed by atoms with Gasteiger partial charge in [-0.15, -0.1) is 0 Å². The molecule has 0 aliphatic rings. The molecular formula is C25H35N5O3. The van der Waals surface area contributed by atoms with Crippen LogP contribution in [-0.4, -0.2) is 24.6 Å². The second-order valence-corrected chi connectivity index (χ2v) is 9.53. The quantitative estimate of drug-likeness (QED) is 0.539. The molecule has 1 unspecified atom stereocenters. The van der Waals surface area contributed by atoms with Crippen LogP contribution in [-0.2, 0) is 30.8 Å². The van der Waals surface area contributed by atoms with Gasteiger partial charge in [0.1, 0.15) is 6.54 Å². The molecule has 8 heteroatoms. The van der Waals surface area contributed by atoms with Gasteiger partial charge < -0.3 is 9.88 Å². The van der Waals surface area contributed by atoms with Crippen LogP contribution in [0.4, 0.5) is 0 Å². The van der Waals surface area contributed by atoms with Crippen molar-refractivity contribution in [2.75, 3.05) is 0 Å². The number of carbonyl (C=O) groups is 1. The van der Waals surface area contributed by atoms with Crippen molar-refractivity contribution in [2.45, 2.75) is 73.6 Å². The molecule has 178 valence electrons. The minimum atomic E-state index is -0.508. The van der Waals surface area contributed by atoms with Crippen LogP contribution in [0.1, 0.15) is 58.7 Å². The maximum Gasteiger partial charge on any atom is 0.333 e. The van der Waals surface area contributed by atoms with E-state index in [0.717, 1.165) is 16.6 Å². The molecule has 0 saturated heterocycles. The Hall–Kier alpha value is -3.16. The molecule has 2 aromatic heterocycles. The van der Waals surface area contributed by atoms with Crippen molar-refractivity contribution in [3.05, 3.63) is 62.6 Å². The molecule has 2 heterocycles. The Labute approximate surface area is 194 Å². The van der Waals surface area contributed by atoms with Gasteiger partial charge in [0.25, 0.3) is 5.56 Å². The first-order valence-corrected chi connectivity index (χ1v) is 11.7. The van der Waals surface area contributed by atoms with Crippen LogP contribution >= 0.6 is 0 Å². The highest BCUT2D eigenvalue weighted by Crippen LogP contribution is 2.14. The van der Waals surface area contributed by atoms with Crippen molar-refractivity contribution >= 4 is 17.1 Å². The van der Waals surface area contributed by atoms with Crippen molar-refractivity contribution in [1.82, 2.24) is 24.0 Å². The number of nitrogens with zero attached hydrogens (tertiary/aromatic N) is 4. The minimum absolute atomic E-state index is 0.173. The number of fused-ring (bicyclic) bond motifs is 1. The average molecular weight is 454 g/mol. The predicted molar refractivity (Wildman–Crippen MR) is 130 cm³/mol. The maximum absolute atomic E-state index is 13.3. The number of nitrogens with one attached hydrogen (secondary N) is 1. The Morgan fingerprint density at radius 2 is 1.61 bits per heavy atom. The van der Waals surface area contributed by atoms with Crippen molar-refractivity contribution in [1.29, 1.82) is 0 Å². The largest absolute Gasteiger partial charge is 0.348 e. The van der Waals surface area contributed by atoms with E-state index in [4.69, 9.17) is 0 Å². The number of amides is 1. The summed E-state index contributed by atoms with van der Waals surface area (Å²) in [7, 11) is 0. The first-order valence-electron chi connectivity index (χ1n) is 11.7. The molecule has 1 amide bonds. The van der Waals surface area contributed by atoms with E-state index in [9.17, 15) is 14.4 Å². The molecule has 0 radical (unpaired) electrons. The van der Waals surface area contributed by atoms with Crippen molar-refractivity contribution in [2.24, 2.45) is 11.8 Å². The Morgan fingerprint density at radius 1 is 0.970 bits per heavy atom. The summed E-state index contributed by atoms with van der Waals surface area (Å²) in [5, 5.41) is 2.92. The molecule has 0 aliphatic carbocycles. The molecule has 1 aromatic carbocycles. The predicted octanol–water partition coefficient (Wildman–Crippen LogP) is 3.11. The van der Waals surface area contributed by atoms with E-state index in [1.54, 1.807) is 10.9 Å². The number of hydrogen-bond acceptors (Lipinski definition) is 4. The summed E-state index contributed by atoms with van der Waals surface area (Å²) in [6, 6.07) is 7.81. The van der Waals surface area contributed by atoms with Gasteiger partial charge in [0.05, 0.1) is 12.4 Å². The normalized spacial score (nSPS) is 12.6. The summed E-state index contributed by atoms with van der Waals surface area (Å²) in [4.78, 5) is 43.8. The van der Waals surface area contributed by atoms with Gasteiger partial charge in [-0.25, -0.2) is 14.3 Å². The number of aromatic nitrogens is 4. The van der Waals surface area contributed by atoms with Crippen LogP contribution in [0.25, 0.3) is 11.2 Å². The first kappa shape index (κ1) is 24.5. The molecule has 0 fully saturated rings. The first-order chi connectivity index (χ1) is 15.6. The van der Waals surface area contributed by atoms with E-state index in [2.05, 4.69) is 31.1 Å². The van der Waals surface area contributed by atoms with Crippen LogP contribution < -0.4 is 16.6 Å². The highest BCUT2D eigenvalue weighted by Gasteiger charge is 2.21. The number of aryl methyl sites for hydroxylation is 1. The third-order valence-corrected chi connectivity index (χ3v) is 5.66. The standard InChI is InChI=1S/C25H35N5O3/c1-7-19-8-10-20(11-9-19)18(6)27-21(31)14-30-24(32)22-23(26-15-28(22)12-16(2)3)29(25(30)33)13-17(4)5/h8-11,15-18H,7,12-14H2,1-6H3,(H,27,31). The molecule has 33 heavy (non-hydrogen) atoms. The van der Waals surface area contributed by atoms with Crippen molar-refractivity contribution in [3.63, 3.8) is 0 Å². The average Bonchev–Trinajstić information content (AvgIpc) is 3.17. The number of carbonyl (C=O) groups excluding carboxylic acids is 1. The number of benzene rings is 1. The third-order valence-electron chi connectivity index (χ3n) is 5.66. The van der Waals surface area contributed by atoms with E-state index in [0.29, 0.717) is 30.2 Å². The zero-order valence-electron chi connectivity index (χ0n) is 20.5. The highest BCUT2D eigenvalue weighted by molar-refractivity contribution is 5.77. The SMILES string of the molecule is CCc1ccc(C(C)NC(=O)Cn2c(=O)c3c(ncn3CC(C)C)n(CC(C)C)c2=O)cc1. The van der Waals surface area contributed by atoms with E-state index in [-0.39, 0.29) is 24.4 Å². The van der Waals surface area contributed by atoms with Crippen LogP contribution in [0, 0.1) is 11.8 Å². The fourth-order valence-electron chi connectivity index (χ4n) is 4.00. The number of rotatable bonds is 9. The fraction of sp³-hybridized carbons (Fsp3) is 0.520. The summed E-state index contributed by atoms with van der Waals surface area (Å²) in [6.45, 7) is 12.8. The molecule has 8 nitrogen and oxygen atoms in total. The van der Waals surface area contributed by atoms with Crippen LogP contribution in [0.2, 0.25) is 0 Å². The van der Waals surface area contributed by atoms with Crippen LogP contribution in [0.3, 0.4) is 0 Å². The fourth-order valence-corrected chi connectivity index (χ4v) is 4.00. The molecule has 1 N–H and O–H groups in total. The molecule has 0 bridgehead atoms. The lowest BCUT2D eigenvalue weighted by Gasteiger charge is -2.17. The van der Waals surface area contributed by atoms with Gasteiger partial charge >= 0.3 is 5.69 Å². The molecular weight excluding hydrogens is 418 g/mol. The minimum Gasteiger partial charge on any atom is -0.348 e.